The van der Waals surface area contributed by atoms with Gasteiger partial charge in [-0.3, -0.25) is 9.89 Å². The zero-order valence-electron chi connectivity index (χ0n) is 12.4. The van der Waals surface area contributed by atoms with Crippen molar-refractivity contribution in [2.75, 3.05) is 13.1 Å². The number of esters is 1. The number of hydrogen-bond acceptors (Lipinski definition) is 4. The van der Waals surface area contributed by atoms with Crippen LogP contribution in [0.25, 0.3) is 11.3 Å². The van der Waals surface area contributed by atoms with Gasteiger partial charge in [0.05, 0.1) is 11.9 Å². The fraction of sp³-hybridized carbons (Fsp3) is 0.312. The molecule has 1 aromatic carbocycles. The van der Waals surface area contributed by atoms with E-state index in [1.54, 1.807) is 17.0 Å². The number of ether oxygens (including phenoxy) is 1. The minimum Gasteiger partial charge on any atom is -0.459 e. The number of halogens is 1. The molecule has 2 heterocycles. The Hall–Kier alpha value is -2.70. The summed E-state index contributed by atoms with van der Waals surface area (Å²) < 4.78 is 18.5. The molecule has 0 bridgehead atoms. The molecule has 1 aliphatic rings. The number of carbonyl (C=O) groups is 2. The summed E-state index contributed by atoms with van der Waals surface area (Å²) in [6.45, 7) is 1.16. The molecule has 0 aliphatic carbocycles. The van der Waals surface area contributed by atoms with Gasteiger partial charge in [-0.15, -0.1) is 0 Å². The Balaban J connectivity index is 1.70. The number of piperidine rings is 1. The Morgan fingerprint density at radius 2 is 2.00 bits per heavy atom. The van der Waals surface area contributed by atoms with Crippen molar-refractivity contribution in [2.45, 2.75) is 18.9 Å². The molecule has 3 rings (SSSR count). The number of aromatic amines is 1. The number of rotatable bonds is 4. The normalized spacial score (nSPS) is 15.4. The quantitative estimate of drug-likeness (QED) is 0.691. The second kappa shape index (κ2) is 6.60. The minimum absolute atomic E-state index is 0.213. The number of hydrogen-bond donors (Lipinski definition) is 1. The maximum atomic E-state index is 13.0. The summed E-state index contributed by atoms with van der Waals surface area (Å²) in [5.74, 6) is -0.818. The first-order chi connectivity index (χ1) is 11.2. The highest BCUT2D eigenvalue weighted by molar-refractivity contribution is 5.96. The van der Waals surface area contributed by atoms with Crippen LogP contribution in [0.15, 0.2) is 30.5 Å². The van der Waals surface area contributed by atoms with Crippen molar-refractivity contribution in [1.29, 1.82) is 0 Å². The van der Waals surface area contributed by atoms with Crippen molar-refractivity contribution in [2.24, 2.45) is 0 Å². The first-order valence-electron chi connectivity index (χ1n) is 7.37. The summed E-state index contributed by atoms with van der Waals surface area (Å²) >= 11 is 0. The Morgan fingerprint density at radius 3 is 2.65 bits per heavy atom. The van der Waals surface area contributed by atoms with Crippen LogP contribution < -0.4 is 0 Å². The van der Waals surface area contributed by atoms with Gasteiger partial charge in [0.1, 0.15) is 17.5 Å². The van der Waals surface area contributed by atoms with Gasteiger partial charge in [-0.2, -0.15) is 5.10 Å². The van der Waals surface area contributed by atoms with Crippen LogP contribution >= 0.6 is 0 Å². The van der Waals surface area contributed by atoms with Crippen molar-refractivity contribution >= 4 is 12.4 Å². The zero-order valence-corrected chi connectivity index (χ0v) is 12.4. The van der Waals surface area contributed by atoms with Gasteiger partial charge in [-0.25, -0.2) is 9.18 Å². The molecule has 0 saturated carbocycles. The highest BCUT2D eigenvalue weighted by atomic mass is 19.1. The molecule has 120 valence electrons. The SMILES string of the molecule is O=CN1CCC(OC(=O)c2cn[nH]c2-c2ccc(F)cc2)CC1. The summed E-state index contributed by atoms with van der Waals surface area (Å²) in [4.78, 5) is 24.7. The van der Waals surface area contributed by atoms with Gasteiger partial charge in [-0.05, 0) is 24.3 Å². The van der Waals surface area contributed by atoms with Gasteiger partial charge in [0.25, 0.3) is 0 Å². The highest BCUT2D eigenvalue weighted by Crippen LogP contribution is 2.23. The lowest BCUT2D eigenvalue weighted by Gasteiger charge is -2.28. The molecule has 1 aromatic heterocycles. The van der Waals surface area contributed by atoms with Crippen LogP contribution in [0, 0.1) is 5.82 Å². The Kier molecular flexibility index (Phi) is 4.36. The average Bonchev–Trinajstić information content (AvgIpc) is 3.06. The molecular weight excluding hydrogens is 301 g/mol. The standard InChI is InChI=1S/C16H16FN3O3/c17-12-3-1-11(2-4-12)15-14(9-18-19-15)16(22)23-13-5-7-20(10-21)8-6-13/h1-4,9-10,13H,5-8H2,(H,18,19). The van der Waals surface area contributed by atoms with Crippen LogP contribution in [0.3, 0.4) is 0 Å². The molecule has 6 nitrogen and oxygen atoms in total. The molecule has 1 saturated heterocycles. The van der Waals surface area contributed by atoms with E-state index in [1.165, 1.54) is 18.3 Å². The second-order valence-corrected chi connectivity index (χ2v) is 5.41. The molecule has 23 heavy (non-hydrogen) atoms. The zero-order chi connectivity index (χ0) is 16.2. The third-order valence-corrected chi connectivity index (χ3v) is 3.89. The van der Waals surface area contributed by atoms with Gasteiger partial charge < -0.3 is 9.64 Å². The molecule has 1 aliphatic heterocycles. The maximum Gasteiger partial charge on any atom is 0.342 e. The third-order valence-electron chi connectivity index (χ3n) is 3.89. The molecule has 0 unspecified atom stereocenters. The summed E-state index contributed by atoms with van der Waals surface area (Å²) in [6.07, 6.45) is 3.24. The number of likely N-dealkylation sites (tertiary alicyclic amines) is 1. The second-order valence-electron chi connectivity index (χ2n) is 5.41. The number of benzene rings is 1. The van der Waals surface area contributed by atoms with E-state index in [0.717, 1.165) is 6.41 Å². The predicted octanol–water partition coefficient (Wildman–Crippen LogP) is 1.99. The van der Waals surface area contributed by atoms with E-state index in [-0.39, 0.29) is 11.9 Å². The van der Waals surface area contributed by atoms with Crippen molar-refractivity contribution in [3.8, 4) is 11.3 Å². The molecule has 1 N–H and O–H groups in total. The van der Waals surface area contributed by atoms with Crippen LogP contribution in [-0.2, 0) is 9.53 Å². The van der Waals surface area contributed by atoms with E-state index in [4.69, 9.17) is 4.74 Å². The van der Waals surface area contributed by atoms with Crippen LogP contribution in [0.5, 0.6) is 0 Å². The third kappa shape index (κ3) is 3.39. The lowest BCUT2D eigenvalue weighted by atomic mass is 10.1. The van der Waals surface area contributed by atoms with E-state index < -0.39 is 5.97 Å². The van der Waals surface area contributed by atoms with E-state index in [0.29, 0.717) is 42.8 Å². The first-order valence-corrected chi connectivity index (χ1v) is 7.37. The lowest BCUT2D eigenvalue weighted by molar-refractivity contribution is -0.120. The minimum atomic E-state index is -0.470. The molecule has 1 amide bonds. The fourth-order valence-electron chi connectivity index (χ4n) is 2.59. The van der Waals surface area contributed by atoms with Crippen LogP contribution in [0.4, 0.5) is 4.39 Å². The monoisotopic (exact) mass is 317 g/mol. The first kappa shape index (κ1) is 15.2. The molecular formula is C16H16FN3O3. The van der Waals surface area contributed by atoms with E-state index >= 15 is 0 Å². The topological polar surface area (TPSA) is 75.3 Å². The van der Waals surface area contributed by atoms with Crippen molar-refractivity contribution in [3.05, 3.63) is 41.8 Å². The molecule has 0 spiro atoms. The Morgan fingerprint density at radius 1 is 1.30 bits per heavy atom. The van der Waals surface area contributed by atoms with Gasteiger partial charge in [0, 0.05) is 31.5 Å². The van der Waals surface area contributed by atoms with Gasteiger partial charge >= 0.3 is 5.97 Å². The smallest absolute Gasteiger partial charge is 0.342 e. The number of amides is 1. The Labute approximate surface area is 132 Å². The number of H-pyrrole nitrogens is 1. The summed E-state index contributed by atoms with van der Waals surface area (Å²) in [5.41, 5.74) is 1.47. The van der Waals surface area contributed by atoms with Gasteiger partial charge in [0.15, 0.2) is 0 Å². The number of nitrogens with one attached hydrogen (secondary N) is 1. The van der Waals surface area contributed by atoms with E-state index in [1.807, 2.05) is 0 Å². The predicted molar refractivity (Wildman–Crippen MR) is 80.1 cm³/mol. The summed E-state index contributed by atoms with van der Waals surface area (Å²) in [5, 5.41) is 6.63. The van der Waals surface area contributed by atoms with Gasteiger partial charge in [0.2, 0.25) is 6.41 Å². The Bertz CT molecular complexity index is 691. The molecule has 0 radical (unpaired) electrons. The fourth-order valence-corrected chi connectivity index (χ4v) is 2.59. The van der Waals surface area contributed by atoms with Crippen molar-refractivity contribution < 1.29 is 18.7 Å². The largest absolute Gasteiger partial charge is 0.459 e. The molecule has 2 aromatic rings. The average molecular weight is 317 g/mol. The number of nitrogens with zero attached hydrogens (tertiary/aromatic N) is 2. The molecule has 0 atom stereocenters. The van der Waals surface area contributed by atoms with Crippen LogP contribution in [0.2, 0.25) is 0 Å². The van der Waals surface area contributed by atoms with Crippen molar-refractivity contribution in [1.82, 2.24) is 15.1 Å². The highest BCUT2D eigenvalue weighted by Gasteiger charge is 2.24. The molecule has 7 heteroatoms. The summed E-state index contributed by atoms with van der Waals surface area (Å²) in [7, 11) is 0. The van der Waals surface area contributed by atoms with Crippen LogP contribution in [0.1, 0.15) is 23.2 Å². The maximum absolute atomic E-state index is 13.0. The number of carbonyl (C=O) groups excluding carboxylic acids is 2. The number of aromatic nitrogens is 2. The van der Waals surface area contributed by atoms with Gasteiger partial charge in [-0.1, -0.05) is 0 Å². The lowest BCUT2D eigenvalue weighted by Crippen LogP contribution is -2.36. The van der Waals surface area contributed by atoms with Crippen LogP contribution in [-0.4, -0.2) is 46.7 Å². The van der Waals surface area contributed by atoms with Crippen molar-refractivity contribution in [3.63, 3.8) is 0 Å². The summed E-state index contributed by atoms with van der Waals surface area (Å²) in [6, 6.07) is 5.78. The van der Waals surface area contributed by atoms with E-state index in [9.17, 15) is 14.0 Å². The van der Waals surface area contributed by atoms with E-state index in [2.05, 4.69) is 10.2 Å². The molecule has 1 fully saturated rings.